The molecule has 2 aromatic heterocycles. The summed E-state index contributed by atoms with van der Waals surface area (Å²) in [7, 11) is 0. The van der Waals surface area contributed by atoms with E-state index in [4.69, 9.17) is 0 Å². The van der Waals surface area contributed by atoms with Crippen LogP contribution in [0.2, 0.25) is 0 Å². The van der Waals surface area contributed by atoms with Crippen LogP contribution in [0.5, 0.6) is 0 Å². The Hall–Kier alpha value is -2.48. The molecule has 0 saturated heterocycles. The molecule has 2 bridgehead atoms. The average Bonchev–Trinajstić information content (AvgIpc) is 3.22. The lowest BCUT2D eigenvalue weighted by molar-refractivity contribution is -0.119. The van der Waals surface area contributed by atoms with E-state index in [0.717, 1.165) is 28.9 Å². The van der Waals surface area contributed by atoms with Crippen LogP contribution in [-0.2, 0) is 17.8 Å². The van der Waals surface area contributed by atoms with Gasteiger partial charge in [0.2, 0.25) is 0 Å². The minimum absolute atomic E-state index is 0.0586. The first-order valence-corrected chi connectivity index (χ1v) is 12.0. The Morgan fingerprint density at radius 2 is 2.16 bits per heavy atom. The molecule has 3 aromatic rings. The van der Waals surface area contributed by atoms with E-state index in [-0.39, 0.29) is 24.3 Å². The lowest BCUT2D eigenvalue weighted by Gasteiger charge is -2.62. The zero-order valence-electron chi connectivity index (χ0n) is 18.6. The van der Waals surface area contributed by atoms with Gasteiger partial charge in [-0.15, -0.1) is 0 Å². The molecule has 6 rings (SSSR count). The number of benzene rings is 1. The van der Waals surface area contributed by atoms with E-state index in [1.165, 1.54) is 11.1 Å². The maximum Gasteiger partial charge on any atom is 0.283 e. The highest BCUT2D eigenvalue weighted by molar-refractivity contribution is 9.10. The van der Waals surface area contributed by atoms with E-state index in [1.54, 1.807) is 12.5 Å². The van der Waals surface area contributed by atoms with Crippen molar-refractivity contribution < 1.29 is 4.79 Å². The van der Waals surface area contributed by atoms with E-state index in [9.17, 15) is 9.59 Å². The largest absolute Gasteiger partial charge is 0.380 e. The first-order valence-electron chi connectivity index (χ1n) is 11.2. The van der Waals surface area contributed by atoms with Gasteiger partial charge in [0.15, 0.2) is 5.78 Å². The molecule has 1 aromatic carbocycles. The Bertz CT molecular complexity index is 1250. The van der Waals surface area contributed by atoms with Crippen LogP contribution in [0.3, 0.4) is 0 Å². The highest BCUT2D eigenvalue weighted by Crippen LogP contribution is 2.61. The second kappa shape index (κ2) is 7.83. The van der Waals surface area contributed by atoms with Gasteiger partial charge >= 0.3 is 0 Å². The summed E-state index contributed by atoms with van der Waals surface area (Å²) in [5.74, 6) is 1.91. The summed E-state index contributed by atoms with van der Waals surface area (Å²) in [4.78, 5) is 32.7. The third kappa shape index (κ3) is 3.58. The fourth-order valence-corrected chi connectivity index (χ4v) is 6.18. The number of nitrogens with one attached hydrogen (secondary N) is 2. The van der Waals surface area contributed by atoms with Crippen molar-refractivity contribution in [1.82, 2.24) is 19.7 Å². The quantitative estimate of drug-likeness (QED) is 0.532. The molecule has 4 atom stereocenters. The molecular formula is C24H28BrN5O2. The van der Waals surface area contributed by atoms with Crippen molar-refractivity contribution in [3.05, 3.63) is 51.1 Å². The Morgan fingerprint density at radius 3 is 2.91 bits per heavy atom. The zero-order chi connectivity index (χ0) is 22.6. The van der Waals surface area contributed by atoms with E-state index in [1.807, 2.05) is 18.2 Å². The average molecular weight is 498 g/mol. The van der Waals surface area contributed by atoms with E-state index < -0.39 is 0 Å². The molecule has 0 aliphatic heterocycles. The second-order valence-corrected chi connectivity index (χ2v) is 10.8. The van der Waals surface area contributed by atoms with Gasteiger partial charge < -0.3 is 10.3 Å². The number of aromatic nitrogens is 4. The number of ketones is 1. The standard InChI is InChI=1S/C24H28BrN5O2/c1-13-17-8-15(24(17,2)3)9-19(13)29-21-10-28-30(23(32)22(21)25)11-16(31)6-14-4-5-18-20(7-14)27-12-26-18/h4-5,7,10,12-13,15,17,19,29H,6,8-9,11H2,1-3H3,(H,26,27)/t13-,15-,17+,19-/m1/s1. The van der Waals surface area contributed by atoms with Crippen LogP contribution in [0.1, 0.15) is 39.2 Å². The summed E-state index contributed by atoms with van der Waals surface area (Å²) in [5.41, 5.74) is 3.46. The zero-order valence-corrected chi connectivity index (χ0v) is 20.1. The molecule has 0 spiro atoms. The maximum atomic E-state index is 12.9. The number of fused-ring (bicyclic) bond motifs is 3. The van der Waals surface area contributed by atoms with Crippen LogP contribution in [0.25, 0.3) is 11.0 Å². The van der Waals surface area contributed by atoms with E-state index in [2.05, 4.69) is 57.1 Å². The molecule has 0 unspecified atom stereocenters. The molecule has 3 fully saturated rings. The van der Waals surface area contributed by atoms with Crippen molar-refractivity contribution in [2.45, 2.75) is 52.6 Å². The normalized spacial score (nSPS) is 26.0. The second-order valence-electron chi connectivity index (χ2n) is 10.0. The number of hydrogen-bond acceptors (Lipinski definition) is 5. The summed E-state index contributed by atoms with van der Waals surface area (Å²) >= 11 is 3.45. The summed E-state index contributed by atoms with van der Waals surface area (Å²) in [6.45, 7) is 7.00. The molecule has 0 radical (unpaired) electrons. The summed E-state index contributed by atoms with van der Waals surface area (Å²) in [6, 6.07) is 6.01. The smallest absolute Gasteiger partial charge is 0.283 e. The molecule has 3 aliphatic rings. The first-order chi connectivity index (χ1) is 15.2. The number of aromatic amines is 1. The van der Waals surface area contributed by atoms with Gasteiger partial charge in [0.1, 0.15) is 11.0 Å². The minimum Gasteiger partial charge on any atom is -0.380 e. The fourth-order valence-electron chi connectivity index (χ4n) is 5.76. The Morgan fingerprint density at radius 1 is 1.34 bits per heavy atom. The number of nitrogens with zero attached hydrogens (tertiary/aromatic N) is 3. The number of hydrogen-bond donors (Lipinski definition) is 2. The highest BCUT2D eigenvalue weighted by atomic mass is 79.9. The molecule has 168 valence electrons. The number of H-pyrrole nitrogens is 1. The van der Waals surface area contributed by atoms with Gasteiger partial charge in [0, 0.05) is 12.5 Å². The van der Waals surface area contributed by atoms with Gasteiger partial charge in [-0.3, -0.25) is 9.59 Å². The van der Waals surface area contributed by atoms with Gasteiger partial charge in [0.05, 0.1) is 29.2 Å². The van der Waals surface area contributed by atoms with Crippen LogP contribution in [0.15, 0.2) is 40.0 Å². The molecule has 3 aliphatic carbocycles. The van der Waals surface area contributed by atoms with Gasteiger partial charge in [-0.25, -0.2) is 9.67 Å². The van der Waals surface area contributed by atoms with Crippen molar-refractivity contribution in [3.63, 3.8) is 0 Å². The predicted octanol–water partition coefficient (Wildman–Crippen LogP) is 4.18. The Labute approximate surface area is 195 Å². The number of carbonyl (C=O) groups is 1. The first kappa shape index (κ1) is 21.4. The maximum absolute atomic E-state index is 12.9. The van der Waals surface area contributed by atoms with E-state index >= 15 is 0 Å². The van der Waals surface area contributed by atoms with Crippen molar-refractivity contribution in [3.8, 4) is 0 Å². The number of halogens is 1. The number of rotatable bonds is 6. The Kier molecular flexibility index (Phi) is 5.23. The topological polar surface area (TPSA) is 92.7 Å². The molecule has 2 heterocycles. The van der Waals surface area contributed by atoms with Gasteiger partial charge in [-0.05, 0) is 69.6 Å². The van der Waals surface area contributed by atoms with Crippen LogP contribution in [0, 0.1) is 23.2 Å². The van der Waals surface area contributed by atoms with Crippen molar-refractivity contribution in [2.24, 2.45) is 23.2 Å². The lowest BCUT2D eigenvalue weighted by atomic mass is 9.45. The van der Waals surface area contributed by atoms with Crippen LogP contribution >= 0.6 is 15.9 Å². The molecule has 2 N–H and O–H groups in total. The van der Waals surface area contributed by atoms with Crippen molar-refractivity contribution in [1.29, 1.82) is 0 Å². The summed E-state index contributed by atoms with van der Waals surface area (Å²) in [6.07, 6.45) is 5.94. The molecule has 3 saturated carbocycles. The molecule has 7 nitrogen and oxygen atoms in total. The molecule has 8 heteroatoms. The van der Waals surface area contributed by atoms with Crippen LogP contribution in [-0.4, -0.2) is 31.6 Å². The molecule has 32 heavy (non-hydrogen) atoms. The molecular weight excluding hydrogens is 470 g/mol. The van der Waals surface area contributed by atoms with Gasteiger partial charge in [-0.2, -0.15) is 5.10 Å². The monoisotopic (exact) mass is 497 g/mol. The van der Waals surface area contributed by atoms with Crippen LogP contribution in [0.4, 0.5) is 5.69 Å². The SMILES string of the molecule is C[C@H]1[C@H](Nc2cnn(CC(=O)Cc3ccc4nc[nH]c4c3)c(=O)c2Br)C[C@H]2C[C@@H]1C2(C)C. The summed E-state index contributed by atoms with van der Waals surface area (Å²) in [5, 5.41) is 7.84. The third-order valence-electron chi connectivity index (χ3n) is 7.89. The van der Waals surface area contributed by atoms with Crippen molar-refractivity contribution in [2.75, 3.05) is 5.32 Å². The number of imidazole rings is 1. The highest BCUT2D eigenvalue weighted by Gasteiger charge is 2.56. The number of anilines is 1. The molecule has 0 amide bonds. The van der Waals surface area contributed by atoms with E-state index in [0.29, 0.717) is 33.5 Å². The predicted molar refractivity (Wildman–Crippen MR) is 128 cm³/mol. The van der Waals surface area contributed by atoms with Crippen LogP contribution < -0.4 is 10.9 Å². The number of carbonyl (C=O) groups excluding carboxylic acids is 1. The Balaban J connectivity index is 1.26. The third-order valence-corrected chi connectivity index (χ3v) is 8.66. The summed E-state index contributed by atoms with van der Waals surface area (Å²) < 4.78 is 1.67. The van der Waals surface area contributed by atoms with Gasteiger partial charge in [0.25, 0.3) is 5.56 Å². The van der Waals surface area contributed by atoms with Gasteiger partial charge in [-0.1, -0.05) is 26.8 Å². The lowest BCUT2D eigenvalue weighted by Crippen LogP contribution is -2.58. The van der Waals surface area contributed by atoms with Crippen molar-refractivity contribution >= 4 is 38.4 Å². The minimum atomic E-state index is -0.290. The fraction of sp³-hybridized carbons (Fsp3) is 0.500. The number of Topliss-reactive ketones (excluding diaryl/α,β-unsaturated/α-hetero) is 1.